The molecule has 6 aliphatic rings. The summed E-state index contributed by atoms with van der Waals surface area (Å²) in [5.74, 6) is 0. The van der Waals surface area contributed by atoms with Gasteiger partial charge in [0.15, 0.2) is 0 Å². The second-order valence-corrected chi connectivity index (χ2v) is 29.1. The van der Waals surface area contributed by atoms with Gasteiger partial charge in [0.1, 0.15) is 60.7 Å². The van der Waals surface area contributed by atoms with E-state index in [1.165, 1.54) is 36.4 Å². The first-order chi connectivity index (χ1) is 45.2. The fourth-order valence-electron chi connectivity index (χ4n) is 10.6. The monoisotopic (exact) mass is 1510 g/mol. The van der Waals surface area contributed by atoms with Crippen molar-refractivity contribution in [1.82, 2.24) is 59.8 Å². The minimum absolute atomic E-state index is 0. The van der Waals surface area contributed by atoms with Gasteiger partial charge >= 0.3 is 37.1 Å². The molecule has 15 heterocycles. The van der Waals surface area contributed by atoms with Gasteiger partial charge in [-0.1, -0.05) is 0 Å². The van der Waals surface area contributed by atoms with E-state index in [9.17, 15) is 77.8 Å². The molecule has 0 aliphatic carbocycles. The van der Waals surface area contributed by atoms with E-state index in [1.54, 1.807) is 109 Å². The molecule has 0 aromatic carbocycles. The summed E-state index contributed by atoms with van der Waals surface area (Å²) in [7, 11) is -32.0. The van der Waals surface area contributed by atoms with E-state index in [1.807, 2.05) is 36.4 Å². The van der Waals surface area contributed by atoms with Gasteiger partial charge in [-0.25, -0.2) is 80.4 Å². The zero-order valence-corrected chi connectivity index (χ0v) is 56.4. The molecule has 0 spiro atoms. The van der Waals surface area contributed by atoms with E-state index >= 15 is 0 Å². The maximum absolute atomic E-state index is 11.9. The Morgan fingerprint density at radius 1 is 0.204 bits per heavy atom. The van der Waals surface area contributed by atoms with Crippen molar-refractivity contribution in [1.29, 1.82) is 0 Å². The topological polar surface area (TPSA) is 515 Å². The van der Waals surface area contributed by atoms with Gasteiger partial charge < -0.3 is 57.2 Å². The number of rotatable bonds is 6. The fourth-order valence-corrected chi connectivity index (χ4v) is 16.7. The fraction of sp³-hybridized carbons (Fsp3) is 0. The molecular formula is C60H36N12O18S6V2. The molecule has 9 aromatic heterocycles. The first-order valence-electron chi connectivity index (χ1n) is 27.3. The Balaban J connectivity index is 0.000000147. The van der Waals surface area contributed by atoms with Crippen LogP contribution in [0.2, 0.25) is 0 Å². The van der Waals surface area contributed by atoms with Crippen LogP contribution in [0, 0.1) is 0 Å². The van der Waals surface area contributed by atoms with Crippen molar-refractivity contribution >= 4 is 200 Å². The quantitative estimate of drug-likeness (QED) is 0.0883. The molecule has 15 rings (SSSR count). The summed E-state index contributed by atoms with van der Waals surface area (Å²) >= 11 is 0. The number of hydrogen-bond donors (Lipinski definition) is 6. The zero-order valence-electron chi connectivity index (χ0n) is 48.7. The predicted molar refractivity (Wildman–Crippen MR) is 344 cm³/mol. The van der Waals surface area contributed by atoms with E-state index in [4.69, 9.17) is 0 Å². The van der Waals surface area contributed by atoms with Gasteiger partial charge in [-0.3, -0.25) is 0 Å². The standard InChI is InChI=1S/3C20H14N4O6S2.2V/c3*25-31(26,27)19-17-9-15-5-3-13(22-15)7-11-1-2-12(21-11)8-14-4-6-16(23-14)10-18(24-17)20(19)32(28,29)30;;/h3*1-10,21,24H,(H,25,26,27)(H,28,29,30);;/q;;;2*+3/p-6. The summed E-state index contributed by atoms with van der Waals surface area (Å²) in [6.45, 7) is 0. The average Bonchev–Trinajstić information content (AvgIpc) is 1.61. The summed E-state index contributed by atoms with van der Waals surface area (Å²) in [5.41, 5.74) is 7.11. The average molecular weight is 1510 g/mol. The summed E-state index contributed by atoms with van der Waals surface area (Å²) in [6, 6.07) is 28.7. The van der Waals surface area contributed by atoms with Crippen molar-refractivity contribution in [2.24, 2.45) is 0 Å². The number of nitrogens with one attached hydrogen (secondary N) is 6. The molecular weight excluding hydrogens is 1470 g/mol. The minimum atomic E-state index is -5.34. The molecule has 0 saturated heterocycles. The SMILES string of the molecule is O=S(=O)([O-])c1c(S(=O)(=O)[O-])c2cc3nc(cc4ccc(cc5nc(cc1[nH]2)C=C5)[nH]4)C=C3.O=S(=O)([O-])c1c(S(=O)(=O)[O-])c2cc3nc(cc4ccc(cc5nc(cc1[nH]2)C=C5)[nH]4)C=C3.O=S(=O)([O-])c1c(S(=O)(=O)[O-])c2cc3nc(cc4ccc(cc5nc(cc1[nH]2)C=C5)[nH]4)C=C3.[V+3].[V+3]. The van der Waals surface area contributed by atoms with Crippen LogP contribution in [0.3, 0.4) is 0 Å². The second kappa shape index (κ2) is 26.0. The normalized spacial score (nSPS) is 13.3. The molecule has 0 saturated carbocycles. The number of aromatic amines is 6. The van der Waals surface area contributed by atoms with Crippen molar-refractivity contribution in [3.05, 3.63) is 178 Å². The van der Waals surface area contributed by atoms with Gasteiger partial charge in [-0.2, -0.15) is 0 Å². The van der Waals surface area contributed by atoms with E-state index < -0.39 is 90.1 Å². The molecule has 6 N–H and O–H groups in total. The van der Waals surface area contributed by atoms with Crippen LogP contribution in [0.4, 0.5) is 0 Å². The summed E-state index contributed by atoms with van der Waals surface area (Å²) in [4.78, 5) is 36.3. The molecule has 0 fully saturated rings. The minimum Gasteiger partial charge on any atom is -0.744 e. The van der Waals surface area contributed by atoms with Crippen LogP contribution in [0.1, 0.15) is 68.3 Å². The molecule has 490 valence electrons. The van der Waals surface area contributed by atoms with Crippen LogP contribution in [-0.4, -0.2) is 138 Å². The Labute approximate surface area is 576 Å². The van der Waals surface area contributed by atoms with Crippen LogP contribution in [0.5, 0.6) is 0 Å². The Bertz CT molecular complexity index is 5440. The van der Waals surface area contributed by atoms with Crippen molar-refractivity contribution in [3.8, 4) is 0 Å². The number of aromatic nitrogens is 12. The van der Waals surface area contributed by atoms with E-state index in [-0.39, 0.29) is 104 Å². The molecule has 0 amide bonds. The van der Waals surface area contributed by atoms with E-state index in [0.29, 0.717) is 34.2 Å². The number of nitrogens with zero attached hydrogens (tertiary/aromatic N) is 6. The summed E-state index contributed by atoms with van der Waals surface area (Å²) in [5, 5.41) is 0. The van der Waals surface area contributed by atoms with Gasteiger partial charge in [0, 0.05) is 33.1 Å². The van der Waals surface area contributed by atoms with Crippen molar-refractivity contribution in [3.63, 3.8) is 0 Å². The maximum Gasteiger partial charge on any atom is 3.00 e. The third-order valence-corrected chi connectivity index (χ3v) is 20.2. The second-order valence-electron chi connectivity index (χ2n) is 21.2. The molecule has 30 nitrogen and oxygen atoms in total. The molecule has 98 heavy (non-hydrogen) atoms. The van der Waals surface area contributed by atoms with Crippen LogP contribution < -0.4 is 0 Å². The Morgan fingerprint density at radius 3 is 0.449 bits per heavy atom. The summed E-state index contributed by atoms with van der Waals surface area (Å²) in [6.07, 6.45) is 19.3. The zero-order chi connectivity index (χ0) is 68.0. The first kappa shape index (κ1) is 69.8. The van der Waals surface area contributed by atoms with E-state index in [0.717, 1.165) is 33.1 Å². The third-order valence-electron chi connectivity index (χ3n) is 14.3. The van der Waals surface area contributed by atoms with E-state index in [2.05, 4.69) is 59.8 Å². The molecule has 38 heteroatoms. The van der Waals surface area contributed by atoms with Crippen LogP contribution in [-0.2, 0) is 97.8 Å². The third kappa shape index (κ3) is 15.2. The Hall–Kier alpha value is -9.57. The van der Waals surface area contributed by atoms with Gasteiger partial charge in [0.05, 0.1) is 131 Å². The van der Waals surface area contributed by atoms with Crippen LogP contribution in [0.15, 0.2) is 139 Å². The predicted octanol–water partition coefficient (Wildman–Crippen LogP) is 7.39. The molecule has 0 atom stereocenters. The van der Waals surface area contributed by atoms with Crippen molar-refractivity contribution in [2.75, 3.05) is 0 Å². The number of H-pyrrole nitrogens is 6. The molecule has 6 aliphatic heterocycles. The Kier molecular flexibility index (Phi) is 18.5. The maximum atomic E-state index is 11.9. The van der Waals surface area contributed by atoms with Crippen molar-refractivity contribution in [2.45, 2.75) is 29.4 Å². The Morgan fingerprint density at radius 2 is 0.327 bits per heavy atom. The first-order valence-corrected chi connectivity index (χ1v) is 35.7. The van der Waals surface area contributed by atoms with Crippen LogP contribution >= 0.6 is 0 Å². The van der Waals surface area contributed by atoms with Gasteiger partial charge in [-0.05, 0) is 182 Å². The largest absolute Gasteiger partial charge is 3.00 e. The molecule has 9 aromatic rings. The van der Waals surface area contributed by atoms with Crippen LogP contribution in [0.25, 0.3) is 139 Å². The molecule has 24 bridgehead atoms. The van der Waals surface area contributed by atoms with Gasteiger partial charge in [0.25, 0.3) is 0 Å². The van der Waals surface area contributed by atoms with Gasteiger partial charge in [-0.15, -0.1) is 0 Å². The number of fused-ring (bicyclic) bond motifs is 24. The van der Waals surface area contributed by atoms with Gasteiger partial charge in [0.2, 0.25) is 0 Å². The smallest absolute Gasteiger partial charge is 0.744 e. The molecule has 0 unspecified atom stereocenters. The number of hydrogen-bond acceptors (Lipinski definition) is 24. The summed E-state index contributed by atoms with van der Waals surface area (Å²) < 4.78 is 215. The molecule has 0 radical (unpaired) electrons. The van der Waals surface area contributed by atoms with Crippen molar-refractivity contribution < 1.29 is 115 Å².